The molecule has 0 radical (unpaired) electrons. The molecule has 5 heteroatoms. The van der Waals surface area contributed by atoms with Gasteiger partial charge < -0.3 is 13.8 Å². The maximum absolute atomic E-state index is 12.2. The minimum Gasteiger partial charge on any atom is -0.368 e. The van der Waals surface area contributed by atoms with Gasteiger partial charge in [-0.3, -0.25) is 5.92 Å². The van der Waals surface area contributed by atoms with Crippen molar-refractivity contribution in [2.75, 3.05) is 0 Å². The standard InChI is InChI=1S/C15H29NOSSi.Zn/c1-13(2)15(6,11-10-12-19(7,8)9)16-18(17)14(3,4)5;/h13,16H,1-2,11H2,3-9H3;/q-2;+2. The van der Waals surface area contributed by atoms with Gasteiger partial charge in [-0.15, -0.1) is 11.5 Å². The summed E-state index contributed by atoms with van der Waals surface area (Å²) in [6.07, 6.45) is 0.622. The van der Waals surface area contributed by atoms with Gasteiger partial charge in [0.15, 0.2) is 0 Å². The van der Waals surface area contributed by atoms with Crippen LogP contribution in [-0.4, -0.2) is 22.6 Å². The van der Waals surface area contributed by atoms with E-state index >= 15 is 0 Å². The van der Waals surface area contributed by atoms with Crippen LogP contribution < -0.4 is 4.72 Å². The van der Waals surface area contributed by atoms with Gasteiger partial charge in [-0.05, 0) is 33.2 Å². The summed E-state index contributed by atoms with van der Waals surface area (Å²) in [5.41, 5.74) is 2.91. The van der Waals surface area contributed by atoms with Crippen molar-refractivity contribution in [3.8, 4) is 11.5 Å². The van der Waals surface area contributed by atoms with Crippen molar-refractivity contribution in [2.45, 2.75) is 64.0 Å². The molecule has 0 spiro atoms. The Hall–Kier alpha value is 0.510. The normalized spacial score (nSPS) is 16.7. The van der Waals surface area contributed by atoms with Crippen LogP contribution in [0.3, 0.4) is 0 Å². The van der Waals surface area contributed by atoms with E-state index in [1.165, 1.54) is 0 Å². The SMILES string of the molecule is [CH2-]C([CH2-])C(C)(CC#C[Si](C)(C)C)NS(=O)C(C)(C)C.[Zn+2]. The summed E-state index contributed by atoms with van der Waals surface area (Å²) >= 11 is 0. The smallest absolute Gasteiger partial charge is 0.368 e. The second kappa shape index (κ2) is 8.22. The van der Waals surface area contributed by atoms with Gasteiger partial charge in [0.05, 0.1) is 15.7 Å². The first-order valence-corrected chi connectivity index (χ1v) is 11.3. The fourth-order valence-electron chi connectivity index (χ4n) is 1.12. The Morgan fingerprint density at radius 1 is 1.20 bits per heavy atom. The largest absolute Gasteiger partial charge is 2.00 e. The predicted octanol–water partition coefficient (Wildman–Crippen LogP) is 3.35. The van der Waals surface area contributed by atoms with Crippen LogP contribution >= 0.6 is 0 Å². The third-order valence-electron chi connectivity index (χ3n) is 2.70. The zero-order valence-corrected chi connectivity index (χ0v) is 19.0. The van der Waals surface area contributed by atoms with E-state index in [2.05, 4.69) is 49.7 Å². The average molecular weight is 365 g/mol. The maximum atomic E-state index is 12.2. The van der Waals surface area contributed by atoms with Crippen molar-refractivity contribution in [3.63, 3.8) is 0 Å². The summed E-state index contributed by atoms with van der Waals surface area (Å²) in [7, 11) is -2.51. The summed E-state index contributed by atoms with van der Waals surface area (Å²) in [6, 6.07) is 0. The quantitative estimate of drug-likeness (QED) is 0.462. The van der Waals surface area contributed by atoms with E-state index in [1.54, 1.807) is 0 Å². The van der Waals surface area contributed by atoms with E-state index in [1.807, 2.05) is 27.7 Å². The van der Waals surface area contributed by atoms with Crippen LogP contribution in [0.4, 0.5) is 0 Å². The molecule has 0 fully saturated rings. The van der Waals surface area contributed by atoms with Gasteiger partial charge in [-0.1, -0.05) is 19.6 Å². The summed E-state index contributed by atoms with van der Waals surface area (Å²) in [5.74, 6) is 3.12. The van der Waals surface area contributed by atoms with Crippen LogP contribution in [0.15, 0.2) is 0 Å². The summed E-state index contributed by atoms with van der Waals surface area (Å²) in [6.45, 7) is 22.5. The topological polar surface area (TPSA) is 29.1 Å². The Morgan fingerprint density at radius 2 is 1.65 bits per heavy atom. The van der Waals surface area contributed by atoms with Crippen molar-refractivity contribution < 1.29 is 23.7 Å². The maximum Gasteiger partial charge on any atom is 2.00 e. The van der Waals surface area contributed by atoms with Crippen molar-refractivity contribution in [1.82, 2.24) is 4.72 Å². The second-order valence-corrected chi connectivity index (χ2v) is 14.0. The Balaban J connectivity index is 0. The molecule has 0 rings (SSSR count). The Kier molecular flexibility index (Phi) is 9.37. The molecule has 0 bridgehead atoms. The molecule has 0 saturated heterocycles. The molecule has 0 aromatic heterocycles. The third-order valence-corrected chi connectivity index (χ3v) is 5.39. The van der Waals surface area contributed by atoms with Crippen molar-refractivity contribution >= 4 is 19.1 Å². The summed E-state index contributed by atoms with van der Waals surface area (Å²) in [5, 5.41) is 0. The van der Waals surface area contributed by atoms with Gasteiger partial charge >= 0.3 is 19.5 Å². The van der Waals surface area contributed by atoms with E-state index in [4.69, 9.17) is 0 Å². The molecule has 0 aromatic rings. The molecular formula is C15H29NOSSiZn. The first kappa shape index (κ1) is 22.8. The van der Waals surface area contributed by atoms with Crippen LogP contribution in [-0.2, 0) is 30.5 Å². The molecule has 0 aromatic carbocycles. The molecule has 0 amide bonds. The number of hydrogen-bond acceptors (Lipinski definition) is 1. The third kappa shape index (κ3) is 8.72. The molecule has 0 aliphatic rings. The van der Waals surface area contributed by atoms with Crippen LogP contribution in [0.5, 0.6) is 0 Å². The zero-order valence-electron chi connectivity index (χ0n) is 14.2. The minimum absolute atomic E-state index is 0. The van der Waals surface area contributed by atoms with Crippen LogP contribution in [0.1, 0.15) is 34.1 Å². The number of rotatable bonds is 4. The predicted molar refractivity (Wildman–Crippen MR) is 89.4 cm³/mol. The first-order valence-electron chi connectivity index (χ1n) is 6.64. The van der Waals surface area contributed by atoms with Gasteiger partial charge in [-0.25, -0.2) is 8.93 Å². The fourth-order valence-corrected chi connectivity index (χ4v) is 2.71. The van der Waals surface area contributed by atoms with Crippen LogP contribution in [0.25, 0.3) is 0 Å². The van der Waals surface area contributed by atoms with Gasteiger partial charge in [0.25, 0.3) is 0 Å². The van der Waals surface area contributed by atoms with E-state index in [-0.39, 0.29) is 30.1 Å². The van der Waals surface area contributed by atoms with Crippen LogP contribution in [0, 0.1) is 31.2 Å². The Labute approximate surface area is 142 Å². The van der Waals surface area contributed by atoms with Crippen molar-refractivity contribution in [3.05, 3.63) is 13.8 Å². The van der Waals surface area contributed by atoms with E-state index in [0.29, 0.717) is 6.42 Å². The van der Waals surface area contributed by atoms with Crippen LogP contribution in [0.2, 0.25) is 19.6 Å². The van der Waals surface area contributed by atoms with Crippen molar-refractivity contribution in [1.29, 1.82) is 0 Å². The molecule has 112 valence electrons. The first-order chi connectivity index (χ1) is 8.28. The Bertz CT molecular complexity index is 387. The minimum atomic E-state index is -1.37. The van der Waals surface area contributed by atoms with Crippen molar-refractivity contribution in [2.24, 2.45) is 5.92 Å². The summed E-state index contributed by atoms with van der Waals surface area (Å²) < 4.78 is 15.1. The molecule has 1 N–H and O–H groups in total. The molecular weight excluding hydrogens is 336 g/mol. The van der Waals surface area contributed by atoms with E-state index in [0.717, 1.165) is 0 Å². The fraction of sp³-hybridized carbons (Fsp3) is 0.733. The van der Waals surface area contributed by atoms with Gasteiger partial charge in [-0.2, -0.15) is 0 Å². The zero-order chi connectivity index (χ0) is 15.5. The molecule has 20 heavy (non-hydrogen) atoms. The molecule has 0 heterocycles. The molecule has 2 atom stereocenters. The number of hydrogen-bond donors (Lipinski definition) is 1. The van der Waals surface area contributed by atoms with Gasteiger partial charge in [0.1, 0.15) is 8.07 Å². The monoisotopic (exact) mass is 363 g/mol. The molecule has 0 aliphatic carbocycles. The Morgan fingerprint density at radius 3 is 1.95 bits per heavy atom. The average Bonchev–Trinajstić information content (AvgIpc) is 2.13. The van der Waals surface area contributed by atoms with E-state index in [9.17, 15) is 4.21 Å². The second-order valence-electron chi connectivity index (χ2n) is 7.33. The molecule has 2 unspecified atom stereocenters. The molecule has 0 saturated carbocycles. The van der Waals surface area contributed by atoms with Gasteiger partial charge in [0.2, 0.25) is 0 Å². The van der Waals surface area contributed by atoms with E-state index < -0.39 is 24.6 Å². The summed E-state index contributed by atoms with van der Waals surface area (Å²) in [4.78, 5) is 0. The van der Waals surface area contributed by atoms with Gasteiger partial charge in [0, 0.05) is 6.42 Å². The number of nitrogens with one attached hydrogen (secondary N) is 1. The molecule has 2 nitrogen and oxygen atoms in total. The molecule has 0 aliphatic heterocycles.